The fraction of sp³-hybridized carbons (Fsp3) is 0.500. The van der Waals surface area contributed by atoms with E-state index in [1.165, 1.54) is 16.0 Å². The normalized spacial score (nSPS) is 25.0. The number of piperidine rings is 1. The Morgan fingerprint density at radius 1 is 1.06 bits per heavy atom. The lowest BCUT2D eigenvalue weighted by Gasteiger charge is -2.41. The molecule has 1 aliphatic carbocycles. The van der Waals surface area contributed by atoms with E-state index in [1.807, 2.05) is 24.3 Å². The summed E-state index contributed by atoms with van der Waals surface area (Å²) in [6.45, 7) is 4.00. The maximum atomic E-state index is 13.9. The molecule has 1 saturated carbocycles. The Morgan fingerprint density at radius 2 is 1.86 bits per heavy atom. The molecule has 0 unspecified atom stereocenters. The van der Waals surface area contributed by atoms with Crippen LogP contribution in [0, 0.1) is 11.8 Å². The van der Waals surface area contributed by atoms with Crippen molar-refractivity contribution >= 4 is 23.5 Å². The smallest absolute Gasteiger partial charge is 0.325 e. The van der Waals surface area contributed by atoms with Gasteiger partial charge in [0.2, 0.25) is 0 Å². The molecule has 1 atom stereocenters. The highest BCUT2D eigenvalue weighted by molar-refractivity contribution is 6.31. The first-order chi connectivity index (χ1) is 17.0. The maximum absolute atomic E-state index is 13.9. The average Bonchev–Trinajstić information content (AvgIpc) is 3.51. The molecular formula is C28H32ClN3O3. The van der Waals surface area contributed by atoms with Crippen LogP contribution < -0.4 is 10.1 Å². The SMILES string of the molecule is O=C1N[C@](Cc2ccccc2Cl)(C2CCN(Cc3ccc4c(c3)CCO4)CC2)C(=O)N1CC1CC1. The maximum Gasteiger partial charge on any atom is 0.325 e. The number of carbonyl (C=O) groups excluding carboxylic acids is 2. The zero-order valence-electron chi connectivity index (χ0n) is 20.0. The van der Waals surface area contributed by atoms with Gasteiger partial charge in [0.1, 0.15) is 11.3 Å². The number of imide groups is 1. The third-order valence-corrected chi connectivity index (χ3v) is 8.58. The molecule has 3 aliphatic heterocycles. The van der Waals surface area contributed by atoms with Gasteiger partial charge in [0.25, 0.3) is 5.91 Å². The number of likely N-dealkylation sites (tertiary alicyclic amines) is 1. The van der Waals surface area contributed by atoms with Gasteiger partial charge in [-0.2, -0.15) is 0 Å². The molecule has 1 N–H and O–H groups in total. The first-order valence-corrected chi connectivity index (χ1v) is 13.2. The fourth-order valence-electron chi connectivity index (χ4n) is 6.03. The summed E-state index contributed by atoms with van der Waals surface area (Å²) in [6, 6.07) is 14.0. The summed E-state index contributed by atoms with van der Waals surface area (Å²) >= 11 is 6.52. The quantitative estimate of drug-likeness (QED) is 0.580. The minimum atomic E-state index is -0.923. The second-order valence-corrected chi connectivity index (χ2v) is 11.0. The molecule has 35 heavy (non-hydrogen) atoms. The number of halogens is 1. The van der Waals surface area contributed by atoms with Crippen molar-refractivity contribution in [2.24, 2.45) is 11.8 Å². The summed E-state index contributed by atoms with van der Waals surface area (Å²) in [6.07, 6.45) is 5.34. The van der Waals surface area contributed by atoms with E-state index in [-0.39, 0.29) is 17.9 Å². The van der Waals surface area contributed by atoms with Crippen LogP contribution in [0.1, 0.15) is 42.4 Å². The molecule has 3 amide bonds. The third kappa shape index (κ3) is 4.43. The first kappa shape index (κ1) is 22.9. The molecule has 0 spiro atoms. The van der Waals surface area contributed by atoms with Crippen LogP contribution in [-0.4, -0.2) is 53.5 Å². The van der Waals surface area contributed by atoms with E-state index >= 15 is 0 Å². The highest BCUT2D eigenvalue weighted by atomic mass is 35.5. The Bertz CT molecular complexity index is 1140. The topological polar surface area (TPSA) is 61.9 Å². The summed E-state index contributed by atoms with van der Waals surface area (Å²) in [5.74, 6) is 1.48. The van der Waals surface area contributed by atoms with Crippen molar-refractivity contribution in [3.05, 3.63) is 64.2 Å². The molecule has 2 aromatic carbocycles. The van der Waals surface area contributed by atoms with E-state index in [9.17, 15) is 9.59 Å². The summed E-state index contributed by atoms with van der Waals surface area (Å²) in [7, 11) is 0. The Morgan fingerprint density at radius 3 is 2.63 bits per heavy atom. The van der Waals surface area contributed by atoms with Gasteiger partial charge in [-0.25, -0.2) is 4.79 Å². The monoisotopic (exact) mass is 493 g/mol. The number of rotatable bonds is 7. The van der Waals surface area contributed by atoms with Crippen LogP contribution in [0.3, 0.4) is 0 Å². The van der Waals surface area contributed by atoms with Crippen LogP contribution in [0.2, 0.25) is 5.02 Å². The lowest BCUT2D eigenvalue weighted by molar-refractivity contribution is -0.134. The standard InChI is InChI=1S/C28H32ClN3O3/c29-24-4-2-1-3-22(24)16-28(26(33)32(27(34)30-28)18-19-5-6-19)23-9-12-31(13-10-23)17-20-7-8-25-21(15-20)11-14-35-25/h1-4,7-8,15,19,23H,5-6,9-14,16-18H2,(H,30,34)/t28-/m1/s1. The molecule has 3 fully saturated rings. The van der Waals surface area contributed by atoms with Crippen LogP contribution in [-0.2, 0) is 24.2 Å². The highest BCUT2D eigenvalue weighted by Gasteiger charge is 2.56. The van der Waals surface area contributed by atoms with Crippen molar-refractivity contribution in [1.82, 2.24) is 15.1 Å². The number of nitrogens with one attached hydrogen (secondary N) is 1. The number of amides is 3. The zero-order chi connectivity index (χ0) is 24.0. The van der Waals surface area contributed by atoms with Gasteiger partial charge in [0.05, 0.1) is 6.61 Å². The molecule has 4 aliphatic rings. The average molecular weight is 494 g/mol. The molecule has 0 bridgehead atoms. The third-order valence-electron chi connectivity index (χ3n) is 8.21. The predicted molar refractivity (Wildman–Crippen MR) is 134 cm³/mol. The van der Waals surface area contributed by atoms with E-state index in [1.54, 1.807) is 0 Å². The van der Waals surface area contributed by atoms with Gasteiger partial charge in [-0.3, -0.25) is 14.6 Å². The molecule has 6 nitrogen and oxygen atoms in total. The van der Waals surface area contributed by atoms with E-state index < -0.39 is 5.54 Å². The molecule has 7 heteroatoms. The number of hydrogen-bond donors (Lipinski definition) is 1. The second-order valence-electron chi connectivity index (χ2n) is 10.6. The first-order valence-electron chi connectivity index (χ1n) is 12.9. The van der Waals surface area contributed by atoms with Gasteiger partial charge in [-0.1, -0.05) is 41.9 Å². The second kappa shape index (κ2) is 9.14. The van der Waals surface area contributed by atoms with Crippen LogP contribution in [0.4, 0.5) is 4.79 Å². The van der Waals surface area contributed by atoms with Crippen LogP contribution >= 0.6 is 11.6 Å². The lowest BCUT2D eigenvalue weighted by atomic mass is 9.73. The Labute approximate surface area is 211 Å². The molecule has 0 radical (unpaired) electrons. The Kier molecular flexibility index (Phi) is 5.97. The minimum Gasteiger partial charge on any atom is -0.493 e. The Balaban J connectivity index is 1.20. The molecule has 3 heterocycles. The van der Waals surface area contributed by atoms with Gasteiger partial charge in [0, 0.05) is 31.0 Å². The molecule has 2 saturated heterocycles. The van der Waals surface area contributed by atoms with Crippen LogP contribution in [0.5, 0.6) is 5.75 Å². The largest absolute Gasteiger partial charge is 0.493 e. The van der Waals surface area contributed by atoms with E-state index in [0.717, 1.165) is 69.7 Å². The minimum absolute atomic E-state index is 0.0635. The van der Waals surface area contributed by atoms with Crippen molar-refractivity contribution in [1.29, 1.82) is 0 Å². The molecule has 184 valence electrons. The van der Waals surface area contributed by atoms with Crippen molar-refractivity contribution < 1.29 is 14.3 Å². The molecule has 2 aromatic rings. The molecular weight excluding hydrogens is 462 g/mol. The number of hydrogen-bond acceptors (Lipinski definition) is 4. The van der Waals surface area contributed by atoms with Gasteiger partial charge >= 0.3 is 6.03 Å². The predicted octanol–water partition coefficient (Wildman–Crippen LogP) is 4.43. The van der Waals surface area contributed by atoms with Crippen molar-refractivity contribution in [3.63, 3.8) is 0 Å². The zero-order valence-corrected chi connectivity index (χ0v) is 20.7. The van der Waals surface area contributed by atoms with E-state index in [4.69, 9.17) is 16.3 Å². The van der Waals surface area contributed by atoms with Crippen molar-refractivity contribution in [3.8, 4) is 5.75 Å². The number of fused-ring (bicyclic) bond motifs is 1. The lowest BCUT2D eigenvalue weighted by Crippen LogP contribution is -2.57. The van der Waals surface area contributed by atoms with Crippen LogP contribution in [0.25, 0.3) is 0 Å². The summed E-state index contributed by atoms with van der Waals surface area (Å²) in [5, 5.41) is 3.83. The van der Waals surface area contributed by atoms with Crippen molar-refractivity contribution in [2.75, 3.05) is 26.2 Å². The summed E-state index contributed by atoms with van der Waals surface area (Å²) < 4.78 is 5.64. The van der Waals surface area contributed by atoms with Gasteiger partial charge in [-0.15, -0.1) is 0 Å². The number of carbonyl (C=O) groups is 2. The number of nitrogens with zero attached hydrogens (tertiary/aromatic N) is 2. The van der Waals surface area contributed by atoms with Crippen LogP contribution in [0.15, 0.2) is 42.5 Å². The number of benzene rings is 2. The summed E-state index contributed by atoms with van der Waals surface area (Å²) in [4.78, 5) is 30.8. The highest BCUT2D eigenvalue weighted by Crippen LogP contribution is 2.40. The van der Waals surface area contributed by atoms with E-state index in [0.29, 0.717) is 23.9 Å². The number of urea groups is 1. The van der Waals surface area contributed by atoms with Crippen molar-refractivity contribution in [2.45, 2.75) is 50.6 Å². The van der Waals surface area contributed by atoms with Gasteiger partial charge < -0.3 is 10.1 Å². The van der Waals surface area contributed by atoms with E-state index in [2.05, 4.69) is 28.4 Å². The Hall–Kier alpha value is -2.57. The summed E-state index contributed by atoms with van der Waals surface area (Å²) in [5.41, 5.74) is 2.60. The van der Waals surface area contributed by atoms with Gasteiger partial charge in [-0.05, 0) is 79.4 Å². The number of ether oxygens (including phenoxy) is 1. The molecule has 6 rings (SSSR count). The molecule has 0 aromatic heterocycles. The van der Waals surface area contributed by atoms with Gasteiger partial charge in [0.15, 0.2) is 0 Å². The fourth-order valence-corrected chi connectivity index (χ4v) is 6.24.